The average Bonchev–Trinajstić information content (AvgIpc) is 2.37. The summed E-state index contributed by atoms with van der Waals surface area (Å²) >= 11 is 0. The van der Waals surface area contributed by atoms with Crippen LogP contribution in [0.15, 0.2) is 24.3 Å². The van der Waals surface area contributed by atoms with Gasteiger partial charge in [-0.3, -0.25) is 0 Å². The predicted molar refractivity (Wildman–Crippen MR) is 74.5 cm³/mol. The molecule has 0 saturated heterocycles. The number of rotatable bonds is 7. The lowest BCUT2D eigenvalue weighted by molar-refractivity contribution is 0.465. The monoisotopic (exact) mass is 270 g/mol. The van der Waals surface area contributed by atoms with E-state index in [1.54, 1.807) is 7.05 Å². The van der Waals surface area contributed by atoms with Gasteiger partial charge in [-0.15, -0.1) is 0 Å². The van der Waals surface area contributed by atoms with E-state index < -0.39 is 10.0 Å². The summed E-state index contributed by atoms with van der Waals surface area (Å²) in [5, 5.41) is 0. The van der Waals surface area contributed by atoms with E-state index in [0.29, 0.717) is 19.5 Å². The van der Waals surface area contributed by atoms with Gasteiger partial charge < -0.3 is 5.73 Å². The van der Waals surface area contributed by atoms with Crippen molar-refractivity contribution in [3.8, 4) is 0 Å². The van der Waals surface area contributed by atoms with Crippen LogP contribution in [0.3, 0.4) is 0 Å². The zero-order chi connectivity index (χ0) is 13.6. The molecule has 0 unspecified atom stereocenters. The summed E-state index contributed by atoms with van der Waals surface area (Å²) < 4.78 is 25.3. The van der Waals surface area contributed by atoms with Crippen LogP contribution in [0, 0.1) is 0 Å². The van der Waals surface area contributed by atoms with Crippen molar-refractivity contribution in [2.75, 3.05) is 12.8 Å². The van der Waals surface area contributed by atoms with Gasteiger partial charge in [-0.05, 0) is 17.5 Å². The number of benzene rings is 1. The molecule has 0 heterocycles. The van der Waals surface area contributed by atoms with Crippen LogP contribution in [0.2, 0.25) is 0 Å². The smallest absolute Gasteiger partial charge is 0.214 e. The Kier molecular flexibility index (Phi) is 5.78. The second kappa shape index (κ2) is 6.87. The molecule has 1 aromatic rings. The predicted octanol–water partition coefficient (Wildman–Crippen LogP) is 1.71. The van der Waals surface area contributed by atoms with Gasteiger partial charge in [0, 0.05) is 20.1 Å². The molecule has 102 valence electrons. The van der Waals surface area contributed by atoms with Crippen molar-refractivity contribution in [2.24, 2.45) is 5.73 Å². The number of nitrogens with zero attached hydrogens (tertiary/aromatic N) is 1. The SMILES string of the molecule is CCCCS(=O)(=O)N(C)Cc1ccc(CN)cc1. The molecule has 5 heteroatoms. The molecular weight excluding hydrogens is 248 g/mol. The third kappa shape index (κ3) is 4.40. The third-order valence-corrected chi connectivity index (χ3v) is 4.78. The van der Waals surface area contributed by atoms with Crippen LogP contribution >= 0.6 is 0 Å². The Morgan fingerprint density at radius 3 is 2.22 bits per heavy atom. The molecule has 1 rings (SSSR count). The van der Waals surface area contributed by atoms with Gasteiger partial charge in [0.05, 0.1) is 5.75 Å². The van der Waals surface area contributed by atoms with Crippen LogP contribution in [0.1, 0.15) is 30.9 Å². The first-order valence-electron chi connectivity index (χ1n) is 6.21. The van der Waals surface area contributed by atoms with Gasteiger partial charge in [0.1, 0.15) is 0 Å². The summed E-state index contributed by atoms with van der Waals surface area (Å²) in [7, 11) is -1.50. The Balaban J connectivity index is 2.65. The van der Waals surface area contributed by atoms with Crippen molar-refractivity contribution in [3.63, 3.8) is 0 Å². The number of hydrogen-bond donors (Lipinski definition) is 1. The van der Waals surface area contributed by atoms with Gasteiger partial charge in [0.2, 0.25) is 10.0 Å². The molecule has 1 aromatic carbocycles. The lowest BCUT2D eigenvalue weighted by Crippen LogP contribution is -2.28. The van der Waals surface area contributed by atoms with E-state index in [9.17, 15) is 8.42 Å². The highest BCUT2D eigenvalue weighted by atomic mass is 32.2. The maximum Gasteiger partial charge on any atom is 0.214 e. The van der Waals surface area contributed by atoms with Gasteiger partial charge >= 0.3 is 0 Å². The Morgan fingerprint density at radius 2 is 1.72 bits per heavy atom. The van der Waals surface area contributed by atoms with E-state index in [2.05, 4.69) is 0 Å². The molecule has 0 radical (unpaired) electrons. The lowest BCUT2D eigenvalue weighted by Gasteiger charge is -2.17. The zero-order valence-corrected chi connectivity index (χ0v) is 11.9. The molecule has 0 spiro atoms. The van der Waals surface area contributed by atoms with Crippen LogP contribution in [-0.2, 0) is 23.1 Å². The van der Waals surface area contributed by atoms with Crippen LogP contribution < -0.4 is 5.73 Å². The number of sulfonamides is 1. The Hall–Kier alpha value is -0.910. The van der Waals surface area contributed by atoms with Gasteiger partial charge in [0.25, 0.3) is 0 Å². The summed E-state index contributed by atoms with van der Waals surface area (Å²) in [6.07, 6.45) is 1.59. The van der Waals surface area contributed by atoms with E-state index in [1.165, 1.54) is 4.31 Å². The fourth-order valence-corrected chi connectivity index (χ4v) is 2.93. The number of unbranched alkanes of at least 4 members (excludes halogenated alkanes) is 1. The zero-order valence-electron chi connectivity index (χ0n) is 11.1. The standard InChI is InChI=1S/C13H22N2O2S/c1-3-4-9-18(16,17)15(2)11-13-7-5-12(10-14)6-8-13/h5-8H,3-4,9-11,14H2,1-2H3. The fourth-order valence-electron chi connectivity index (χ4n) is 1.62. The first-order chi connectivity index (χ1) is 8.49. The van der Waals surface area contributed by atoms with Crippen LogP contribution in [0.4, 0.5) is 0 Å². The molecular formula is C13H22N2O2S. The molecule has 2 N–H and O–H groups in total. The normalized spacial score (nSPS) is 12.0. The number of hydrogen-bond acceptors (Lipinski definition) is 3. The topological polar surface area (TPSA) is 63.4 Å². The Bertz CT molecular complexity index is 454. The van der Waals surface area contributed by atoms with Gasteiger partial charge in [-0.25, -0.2) is 12.7 Å². The minimum atomic E-state index is -3.13. The second-order valence-electron chi connectivity index (χ2n) is 4.45. The molecule has 0 atom stereocenters. The molecule has 0 aliphatic heterocycles. The summed E-state index contributed by atoms with van der Waals surface area (Å²) in [4.78, 5) is 0. The van der Waals surface area contributed by atoms with Crippen molar-refractivity contribution >= 4 is 10.0 Å². The average molecular weight is 270 g/mol. The van der Waals surface area contributed by atoms with Crippen LogP contribution in [0.25, 0.3) is 0 Å². The molecule has 0 aliphatic carbocycles. The molecule has 0 aromatic heterocycles. The molecule has 4 nitrogen and oxygen atoms in total. The summed E-state index contributed by atoms with van der Waals surface area (Å²) in [5.41, 5.74) is 7.55. The van der Waals surface area contributed by atoms with Gasteiger partial charge in [0.15, 0.2) is 0 Å². The van der Waals surface area contributed by atoms with Crippen molar-refractivity contribution in [1.29, 1.82) is 0 Å². The van der Waals surface area contributed by atoms with Crippen molar-refractivity contribution in [3.05, 3.63) is 35.4 Å². The largest absolute Gasteiger partial charge is 0.326 e. The van der Waals surface area contributed by atoms with Crippen LogP contribution in [-0.4, -0.2) is 25.5 Å². The molecule has 0 amide bonds. The fraction of sp³-hybridized carbons (Fsp3) is 0.538. The van der Waals surface area contributed by atoms with Crippen LogP contribution in [0.5, 0.6) is 0 Å². The summed E-state index contributed by atoms with van der Waals surface area (Å²) in [6.45, 7) is 2.91. The van der Waals surface area contributed by atoms with Crippen molar-refractivity contribution < 1.29 is 8.42 Å². The van der Waals surface area contributed by atoms with Gasteiger partial charge in [-0.2, -0.15) is 0 Å². The van der Waals surface area contributed by atoms with E-state index >= 15 is 0 Å². The molecule has 0 fully saturated rings. The van der Waals surface area contributed by atoms with Crippen molar-refractivity contribution in [2.45, 2.75) is 32.9 Å². The highest BCUT2D eigenvalue weighted by molar-refractivity contribution is 7.89. The first kappa shape index (κ1) is 15.1. The maximum absolute atomic E-state index is 11.9. The van der Waals surface area contributed by atoms with E-state index in [4.69, 9.17) is 5.73 Å². The third-order valence-electron chi connectivity index (χ3n) is 2.89. The minimum Gasteiger partial charge on any atom is -0.326 e. The quantitative estimate of drug-likeness (QED) is 0.820. The Labute approximate surface area is 110 Å². The van der Waals surface area contributed by atoms with E-state index in [0.717, 1.165) is 17.5 Å². The minimum absolute atomic E-state index is 0.223. The summed E-state index contributed by atoms with van der Waals surface area (Å²) in [5.74, 6) is 0.223. The Morgan fingerprint density at radius 1 is 1.17 bits per heavy atom. The first-order valence-corrected chi connectivity index (χ1v) is 7.82. The highest BCUT2D eigenvalue weighted by Gasteiger charge is 2.16. The molecule has 0 bridgehead atoms. The second-order valence-corrected chi connectivity index (χ2v) is 6.64. The summed E-state index contributed by atoms with van der Waals surface area (Å²) in [6, 6.07) is 7.71. The maximum atomic E-state index is 11.9. The number of nitrogens with two attached hydrogens (primary N) is 1. The van der Waals surface area contributed by atoms with E-state index in [-0.39, 0.29) is 5.75 Å². The molecule has 18 heavy (non-hydrogen) atoms. The van der Waals surface area contributed by atoms with E-state index in [1.807, 2.05) is 31.2 Å². The highest BCUT2D eigenvalue weighted by Crippen LogP contribution is 2.10. The van der Waals surface area contributed by atoms with Gasteiger partial charge in [-0.1, -0.05) is 37.6 Å². The molecule has 0 aliphatic rings. The van der Waals surface area contributed by atoms with Crippen molar-refractivity contribution in [1.82, 2.24) is 4.31 Å². The molecule has 0 saturated carbocycles. The lowest BCUT2D eigenvalue weighted by atomic mass is 10.1.